The largest absolute Gasteiger partial charge is 0.489 e. The number of carboxylic acid groups (broad SMARTS) is 2. The van der Waals surface area contributed by atoms with Crippen molar-refractivity contribution >= 4 is 102 Å². The molecule has 2 aliphatic rings. The van der Waals surface area contributed by atoms with Gasteiger partial charge in [-0.2, -0.15) is 27.9 Å². The van der Waals surface area contributed by atoms with Crippen LogP contribution in [0, 0.1) is 0 Å². The van der Waals surface area contributed by atoms with E-state index in [0.717, 1.165) is 57.8 Å². The van der Waals surface area contributed by atoms with Crippen molar-refractivity contribution < 1.29 is 84.5 Å². The van der Waals surface area contributed by atoms with Crippen LogP contribution in [0.5, 0.6) is 11.5 Å². The summed E-state index contributed by atoms with van der Waals surface area (Å²) in [6, 6.07) is 10.2. The SMILES string of the molecule is C[n+]1c(N)c(-c2ccc(OC[C@H](O/N=C(\C(=O)N[C@@H]3C(=O)N(OS(=O)(=O)ON4C(=O)[C@@H](NC(=O)/C(=N\O[C@@H](COc5ccc(-c6cn(CCCN)[n+](C)c6N)cc5)C(=O)O)c5csc(N)n5)C4(C)C)C3(C)C)c3csc(N)n3)C(=O)O)cc2)cn1CCCN. The minimum Gasteiger partial charge on any atom is -0.489 e. The number of hydrogen-bond acceptors (Lipinski definition) is 26. The number of aryl methyl sites for hydroxylation is 2. The van der Waals surface area contributed by atoms with Gasteiger partial charge in [0.05, 0.1) is 47.7 Å². The molecule has 2 aliphatic heterocycles. The molecule has 0 aliphatic carbocycles. The summed E-state index contributed by atoms with van der Waals surface area (Å²) in [5, 5.41) is 35.7. The third-order valence-electron chi connectivity index (χ3n) is 14.2. The topological polar surface area (TPSA) is 487 Å². The van der Waals surface area contributed by atoms with Crippen molar-refractivity contribution in [1.29, 1.82) is 0 Å². The summed E-state index contributed by atoms with van der Waals surface area (Å²) in [6.07, 6.45) is 1.64. The average molecular weight is 1300 g/mol. The van der Waals surface area contributed by atoms with Crippen LogP contribution in [0.25, 0.3) is 22.3 Å². The number of β-lactam (4-membered cyclic amide) rings is 2. The lowest BCUT2D eigenvalue weighted by Gasteiger charge is -2.52. The number of benzene rings is 2. The number of ether oxygens (including phenoxy) is 2. The normalized spacial score (nSPS) is 17.1. The van der Waals surface area contributed by atoms with Crippen LogP contribution in [0.4, 0.5) is 21.9 Å². The third-order valence-corrected chi connectivity index (χ3v) is 16.2. The first-order valence-corrected chi connectivity index (χ1v) is 30.0. The molecule has 8 rings (SSSR count). The number of carboxylic acids is 2. The summed E-state index contributed by atoms with van der Waals surface area (Å²) < 4.78 is 55.8. The summed E-state index contributed by atoms with van der Waals surface area (Å²) in [5.74, 6) is -6.09. The van der Waals surface area contributed by atoms with Gasteiger partial charge in [0.1, 0.15) is 62.3 Å². The maximum Gasteiger partial charge on any atom is 0.442 e. The van der Waals surface area contributed by atoms with Crippen molar-refractivity contribution in [2.24, 2.45) is 35.9 Å². The van der Waals surface area contributed by atoms with Gasteiger partial charge in [-0.15, -0.1) is 31.2 Å². The standard InChI is InChI=1S/C52H64N18O16S3/c1-51(2)39(61-43(71)37(33-25-87-49(57)59-33)63-83-35(47(75)76)23-81-29-13-9-27(10-14-29)31-21-67(19-7-17-53)65(5)41(31)55)45(73)69(51)85-89(79,80)86-70-46(74)40(52(70,3)4)62-44(72)38(34-26-88-50(58)60-34)64-84-36(48(77)78)24-82-30-15-11-28(12-16-30)32-22-68(20-8-18-54)66(6)42(32)56/h9-16,21-22,25-26,35-36,39-40,55-56H,7-8,17-20,23-24,53-54H2,1-6H3,(H8,57,58,59,60,61,62,71,72,75,76,77,78)/p+2/b63-37-,64-38-/t35-,36-,39+,40+/m0/s1. The Hall–Kier alpha value is -9.53. The van der Waals surface area contributed by atoms with Crippen LogP contribution in [-0.4, -0.2) is 157 Å². The number of aromatic nitrogens is 6. The van der Waals surface area contributed by atoms with E-state index in [4.69, 9.17) is 62.1 Å². The highest BCUT2D eigenvalue weighted by molar-refractivity contribution is 7.81. The number of amides is 4. The van der Waals surface area contributed by atoms with E-state index in [1.165, 1.54) is 38.5 Å². The average Bonchev–Trinajstić information content (AvgIpc) is 1.72. The first-order chi connectivity index (χ1) is 42.1. The number of carbonyl (C=O) groups excluding carboxylic acids is 4. The second-order valence-electron chi connectivity index (χ2n) is 21.0. The molecule has 37 heteroatoms. The van der Waals surface area contributed by atoms with Crippen LogP contribution in [-0.2, 0) is 84.6 Å². The van der Waals surface area contributed by atoms with Crippen molar-refractivity contribution in [3.05, 3.63) is 83.1 Å². The number of anilines is 4. The number of oxime groups is 2. The molecular formula is C52H66N18O16S3+2. The Morgan fingerprint density at radius 2 is 1.01 bits per heavy atom. The highest BCUT2D eigenvalue weighted by atomic mass is 32.3. The monoisotopic (exact) mass is 1290 g/mol. The summed E-state index contributed by atoms with van der Waals surface area (Å²) in [5.41, 5.74) is 33.7. The fourth-order valence-corrected chi connectivity index (χ4v) is 11.0. The molecule has 0 radical (unpaired) electrons. The van der Waals surface area contributed by atoms with Crippen molar-refractivity contribution in [2.45, 2.75) is 89.0 Å². The molecule has 0 spiro atoms. The van der Waals surface area contributed by atoms with Crippen molar-refractivity contribution in [3.63, 3.8) is 0 Å². The number of nitrogen functional groups attached to an aromatic ring is 4. The maximum atomic E-state index is 13.9. The fourth-order valence-electron chi connectivity index (χ4n) is 8.99. The Labute approximate surface area is 515 Å². The van der Waals surface area contributed by atoms with Gasteiger partial charge in [-0.3, -0.25) is 30.6 Å². The van der Waals surface area contributed by atoms with Gasteiger partial charge in [0.25, 0.3) is 35.8 Å². The first kappa shape index (κ1) is 65.4. The van der Waals surface area contributed by atoms with Crippen LogP contribution in [0.2, 0.25) is 0 Å². The van der Waals surface area contributed by atoms with E-state index in [9.17, 15) is 47.4 Å². The number of nitrogens with two attached hydrogens (primary N) is 6. The zero-order valence-corrected chi connectivity index (χ0v) is 51.1. The predicted molar refractivity (Wildman–Crippen MR) is 317 cm³/mol. The van der Waals surface area contributed by atoms with Gasteiger partial charge >= 0.3 is 34.0 Å². The number of nitrogens with one attached hydrogen (secondary N) is 2. The van der Waals surface area contributed by atoms with Gasteiger partial charge in [-0.05, 0) is 89.0 Å². The van der Waals surface area contributed by atoms with E-state index < -0.39 is 106 Å². The van der Waals surface area contributed by atoms with Crippen molar-refractivity contribution in [3.8, 4) is 33.8 Å². The molecule has 476 valence electrons. The molecule has 89 heavy (non-hydrogen) atoms. The second kappa shape index (κ2) is 26.8. The molecule has 2 saturated heterocycles. The van der Waals surface area contributed by atoms with Gasteiger partial charge in [0, 0.05) is 10.8 Å². The fraction of sp³-hybridized carbons (Fsp3) is 0.385. The Bertz CT molecular complexity index is 3590. The summed E-state index contributed by atoms with van der Waals surface area (Å²) in [4.78, 5) is 98.4. The zero-order chi connectivity index (χ0) is 64.9. The molecule has 6 heterocycles. The molecule has 2 aromatic carbocycles. The Balaban J connectivity index is 0.865. The molecule has 16 N–H and O–H groups in total. The van der Waals surface area contributed by atoms with Gasteiger partial charge in [-0.1, -0.05) is 34.6 Å². The second-order valence-corrected chi connectivity index (χ2v) is 23.9. The molecule has 2 fully saturated rings. The first-order valence-electron chi connectivity index (χ1n) is 26.9. The predicted octanol–water partition coefficient (Wildman–Crippen LogP) is -1.26. The molecule has 0 unspecified atom stereocenters. The van der Waals surface area contributed by atoms with Crippen LogP contribution >= 0.6 is 22.7 Å². The number of rotatable bonds is 30. The number of hydrogen-bond donors (Lipinski definition) is 10. The maximum absolute atomic E-state index is 13.9. The molecule has 0 bridgehead atoms. The number of aliphatic carboxylic acids is 2. The van der Waals surface area contributed by atoms with Crippen molar-refractivity contribution in [1.82, 2.24) is 40.1 Å². The van der Waals surface area contributed by atoms with Crippen LogP contribution in [0.3, 0.4) is 0 Å². The number of nitrogens with zero attached hydrogens (tertiary/aromatic N) is 10. The number of thiazole rings is 2. The summed E-state index contributed by atoms with van der Waals surface area (Å²) >= 11 is 1.79. The lowest BCUT2D eigenvalue weighted by atomic mass is 9.84. The van der Waals surface area contributed by atoms with E-state index in [1.807, 2.05) is 35.9 Å². The number of carbonyl (C=O) groups is 6. The van der Waals surface area contributed by atoms with Gasteiger partial charge in [-0.25, -0.2) is 28.9 Å². The Morgan fingerprint density at radius 1 is 0.652 bits per heavy atom. The van der Waals surface area contributed by atoms with Crippen molar-refractivity contribution in [2.75, 3.05) is 49.2 Å². The minimum absolute atomic E-state index is 0.0201. The van der Waals surface area contributed by atoms with E-state index in [0.29, 0.717) is 47.9 Å². The summed E-state index contributed by atoms with van der Waals surface area (Å²) in [7, 11) is -1.74. The van der Waals surface area contributed by atoms with Crippen LogP contribution in [0.1, 0.15) is 51.9 Å². The molecular weight excluding hydrogens is 1230 g/mol. The quantitative estimate of drug-likeness (QED) is 0.0109. The summed E-state index contributed by atoms with van der Waals surface area (Å²) in [6.45, 7) is 6.32. The van der Waals surface area contributed by atoms with Gasteiger partial charge in [0.2, 0.25) is 0 Å². The molecule has 34 nitrogen and oxygen atoms in total. The molecule has 4 atom stereocenters. The van der Waals surface area contributed by atoms with E-state index in [1.54, 1.807) is 57.9 Å². The van der Waals surface area contributed by atoms with Gasteiger partial charge in [0.15, 0.2) is 21.7 Å². The zero-order valence-electron chi connectivity index (χ0n) is 48.7. The molecule has 6 aromatic rings. The molecule has 0 saturated carbocycles. The Kier molecular flexibility index (Phi) is 19.7. The Morgan fingerprint density at radius 3 is 1.31 bits per heavy atom. The van der Waals surface area contributed by atoms with E-state index in [2.05, 4.69) is 30.9 Å². The third kappa shape index (κ3) is 14.4. The van der Waals surface area contributed by atoms with Crippen LogP contribution in [0.15, 0.2) is 82.0 Å². The molecule has 4 amide bonds. The van der Waals surface area contributed by atoms with E-state index in [-0.39, 0.29) is 33.1 Å². The highest BCUT2D eigenvalue weighted by Crippen LogP contribution is 2.37. The molecule has 4 aromatic heterocycles. The van der Waals surface area contributed by atoms with Crippen LogP contribution < -0.4 is 63.9 Å². The highest BCUT2D eigenvalue weighted by Gasteiger charge is 2.61. The van der Waals surface area contributed by atoms with E-state index >= 15 is 0 Å². The minimum atomic E-state index is -5.37. The smallest absolute Gasteiger partial charge is 0.442 e. The lowest BCUT2D eigenvalue weighted by Crippen LogP contribution is -2.78. The van der Waals surface area contributed by atoms with Gasteiger partial charge < -0.3 is 62.9 Å². The number of hydroxylamine groups is 4. The lowest BCUT2D eigenvalue weighted by molar-refractivity contribution is -0.740.